The summed E-state index contributed by atoms with van der Waals surface area (Å²) >= 11 is 4.78. The van der Waals surface area contributed by atoms with Crippen LogP contribution in [0.15, 0.2) is 74.9 Å². The normalized spacial score (nSPS) is 11.1. The van der Waals surface area contributed by atoms with Crippen molar-refractivity contribution in [3.63, 3.8) is 0 Å². The number of furan rings is 1. The van der Waals surface area contributed by atoms with Gasteiger partial charge in [-0.1, -0.05) is 27.3 Å². The summed E-state index contributed by atoms with van der Waals surface area (Å²) in [5, 5.41) is 5.94. The van der Waals surface area contributed by atoms with Crippen molar-refractivity contribution in [1.82, 2.24) is 4.98 Å². The van der Waals surface area contributed by atoms with Gasteiger partial charge in [0.1, 0.15) is 5.76 Å². The first-order chi connectivity index (χ1) is 14.5. The first-order valence-electron chi connectivity index (χ1n) is 8.71. The topological polar surface area (TPSA) is 85.0 Å². The number of thiazole rings is 1. The second-order valence-corrected chi connectivity index (χ2v) is 7.98. The maximum atomic E-state index is 13.2. The number of fused-ring (bicyclic) bond motifs is 1. The highest BCUT2D eigenvalue weighted by molar-refractivity contribution is 9.10. The monoisotopic (exact) mass is 483 g/mol. The van der Waals surface area contributed by atoms with Crippen molar-refractivity contribution in [2.75, 3.05) is 12.1 Å². The lowest BCUT2D eigenvalue weighted by Gasteiger charge is -2.13. The molecule has 0 N–H and O–H groups in total. The van der Waals surface area contributed by atoms with E-state index in [0.29, 0.717) is 22.0 Å². The fourth-order valence-corrected chi connectivity index (χ4v) is 4.11. The first kappa shape index (κ1) is 20.0. The molecule has 0 aliphatic heterocycles. The highest BCUT2D eigenvalue weighted by atomic mass is 79.9. The third-order valence-corrected chi connectivity index (χ3v) is 5.60. The van der Waals surface area contributed by atoms with E-state index < -0.39 is 11.9 Å². The van der Waals surface area contributed by atoms with E-state index in [1.807, 2.05) is 18.2 Å². The van der Waals surface area contributed by atoms with Gasteiger partial charge in [-0.2, -0.15) is 10.1 Å². The smallest absolute Gasteiger partial charge is 0.337 e. The Morgan fingerprint density at radius 2 is 1.93 bits per heavy atom. The van der Waals surface area contributed by atoms with Crippen LogP contribution in [0.5, 0.6) is 0 Å². The average Bonchev–Trinajstić information content (AvgIpc) is 3.43. The van der Waals surface area contributed by atoms with Crippen LogP contribution in [-0.2, 0) is 4.74 Å². The van der Waals surface area contributed by atoms with E-state index in [1.165, 1.54) is 48.1 Å². The Labute approximate surface area is 183 Å². The minimum Gasteiger partial charge on any atom is -0.465 e. The van der Waals surface area contributed by atoms with Crippen molar-refractivity contribution in [3.8, 4) is 0 Å². The van der Waals surface area contributed by atoms with Crippen LogP contribution in [0.3, 0.4) is 0 Å². The maximum absolute atomic E-state index is 13.2. The van der Waals surface area contributed by atoms with Gasteiger partial charge in [-0.15, -0.1) is 0 Å². The Morgan fingerprint density at radius 1 is 1.17 bits per heavy atom. The van der Waals surface area contributed by atoms with Gasteiger partial charge in [0, 0.05) is 10.0 Å². The van der Waals surface area contributed by atoms with Crippen LogP contribution in [0.4, 0.5) is 5.13 Å². The lowest BCUT2D eigenvalue weighted by atomic mass is 10.1. The van der Waals surface area contributed by atoms with Crippen molar-refractivity contribution in [1.29, 1.82) is 0 Å². The van der Waals surface area contributed by atoms with Crippen LogP contribution in [0.1, 0.15) is 26.5 Å². The van der Waals surface area contributed by atoms with Crippen LogP contribution in [-0.4, -0.2) is 30.2 Å². The molecule has 0 saturated carbocycles. The zero-order chi connectivity index (χ0) is 21.1. The van der Waals surface area contributed by atoms with Crippen molar-refractivity contribution in [2.24, 2.45) is 5.10 Å². The predicted molar refractivity (Wildman–Crippen MR) is 118 cm³/mol. The zero-order valence-electron chi connectivity index (χ0n) is 15.6. The molecule has 0 aliphatic rings. The minimum atomic E-state index is -0.474. The number of esters is 1. The molecule has 4 rings (SSSR count). The number of ether oxygens (including phenoxy) is 1. The fraction of sp³-hybridized carbons (Fsp3) is 0.0476. The number of amides is 1. The number of hydrogen-bond donors (Lipinski definition) is 0. The molecule has 2 aromatic carbocycles. The van der Waals surface area contributed by atoms with Crippen LogP contribution >= 0.6 is 27.3 Å². The summed E-state index contributed by atoms with van der Waals surface area (Å²) in [6.07, 6.45) is 2.97. The Morgan fingerprint density at radius 3 is 2.63 bits per heavy atom. The number of carbonyl (C=O) groups excluding carboxylic acids is 2. The summed E-state index contributed by atoms with van der Waals surface area (Å²) in [5.41, 5.74) is 1.45. The maximum Gasteiger partial charge on any atom is 0.337 e. The second kappa shape index (κ2) is 8.60. The van der Waals surface area contributed by atoms with E-state index in [4.69, 9.17) is 9.15 Å². The summed E-state index contributed by atoms with van der Waals surface area (Å²) in [4.78, 5) is 29.4. The number of hydrazone groups is 1. The summed E-state index contributed by atoms with van der Waals surface area (Å²) in [5.74, 6) is -0.372. The number of benzene rings is 2. The largest absolute Gasteiger partial charge is 0.465 e. The molecule has 0 fully saturated rings. The van der Waals surface area contributed by atoms with E-state index in [2.05, 4.69) is 26.0 Å². The van der Waals surface area contributed by atoms with E-state index >= 15 is 0 Å². The average molecular weight is 484 g/mol. The molecule has 0 aliphatic carbocycles. The second-order valence-electron chi connectivity index (χ2n) is 6.05. The molecular formula is C21H14BrN3O4S. The SMILES string of the molecule is COC(=O)c1ccc(C(=O)N(/N=C/c2ccco2)c2nc3ccc(Br)cc3s2)cc1. The quantitative estimate of drug-likeness (QED) is 0.223. The van der Waals surface area contributed by atoms with Crippen molar-refractivity contribution in [3.05, 3.63) is 82.2 Å². The number of rotatable bonds is 5. The van der Waals surface area contributed by atoms with Gasteiger partial charge in [-0.3, -0.25) is 4.79 Å². The zero-order valence-corrected chi connectivity index (χ0v) is 18.0. The Kier molecular flexibility index (Phi) is 5.73. The van der Waals surface area contributed by atoms with Gasteiger partial charge in [-0.05, 0) is 54.6 Å². The molecule has 4 aromatic rings. The van der Waals surface area contributed by atoms with E-state index in [0.717, 1.165) is 14.7 Å². The first-order valence-corrected chi connectivity index (χ1v) is 10.3. The van der Waals surface area contributed by atoms with Crippen molar-refractivity contribution >= 4 is 60.7 Å². The number of anilines is 1. The van der Waals surface area contributed by atoms with Gasteiger partial charge >= 0.3 is 5.97 Å². The summed E-state index contributed by atoms with van der Waals surface area (Å²) < 4.78 is 11.8. The molecule has 0 radical (unpaired) electrons. The lowest BCUT2D eigenvalue weighted by Crippen LogP contribution is -2.25. The third kappa shape index (κ3) is 4.17. The van der Waals surface area contributed by atoms with Gasteiger partial charge in [0.05, 0.1) is 35.4 Å². The summed E-state index contributed by atoms with van der Waals surface area (Å²) in [7, 11) is 1.30. The van der Waals surface area contributed by atoms with E-state index in [-0.39, 0.29) is 0 Å². The van der Waals surface area contributed by atoms with Gasteiger partial charge in [0.2, 0.25) is 5.13 Å². The number of carbonyl (C=O) groups is 2. The van der Waals surface area contributed by atoms with Crippen LogP contribution in [0, 0.1) is 0 Å². The Bertz CT molecular complexity index is 1230. The molecule has 1 amide bonds. The summed E-state index contributed by atoms with van der Waals surface area (Å²) in [6, 6.07) is 15.3. The van der Waals surface area contributed by atoms with Crippen LogP contribution in [0.2, 0.25) is 0 Å². The molecule has 7 nitrogen and oxygen atoms in total. The van der Waals surface area contributed by atoms with Gasteiger partial charge < -0.3 is 9.15 Å². The number of nitrogens with zero attached hydrogens (tertiary/aromatic N) is 3. The van der Waals surface area contributed by atoms with Crippen LogP contribution in [0.25, 0.3) is 10.2 Å². The predicted octanol–water partition coefficient (Wildman–Crippen LogP) is 5.12. The standard InChI is InChI=1S/C21H14BrN3O4S/c1-28-20(27)14-6-4-13(5-7-14)19(26)25(23-12-16-3-2-10-29-16)21-24-17-9-8-15(22)11-18(17)30-21/h2-12H,1H3/b23-12+. The van der Waals surface area contributed by atoms with Gasteiger partial charge in [0.15, 0.2) is 0 Å². The minimum absolute atomic E-state index is 0.347. The molecule has 0 unspecified atom stereocenters. The van der Waals surface area contributed by atoms with Gasteiger partial charge in [0.25, 0.3) is 5.91 Å². The molecule has 2 heterocycles. The van der Waals surface area contributed by atoms with E-state index in [1.54, 1.807) is 24.3 Å². The molecular weight excluding hydrogens is 470 g/mol. The highest BCUT2D eigenvalue weighted by Crippen LogP contribution is 2.32. The van der Waals surface area contributed by atoms with Gasteiger partial charge in [-0.25, -0.2) is 9.78 Å². The molecule has 9 heteroatoms. The summed E-state index contributed by atoms with van der Waals surface area (Å²) in [6.45, 7) is 0. The van der Waals surface area contributed by atoms with Crippen molar-refractivity contribution < 1.29 is 18.7 Å². The fourth-order valence-electron chi connectivity index (χ4n) is 2.63. The highest BCUT2D eigenvalue weighted by Gasteiger charge is 2.21. The molecule has 0 spiro atoms. The molecule has 150 valence electrons. The molecule has 0 saturated heterocycles. The number of halogens is 1. The lowest BCUT2D eigenvalue weighted by molar-refractivity contribution is 0.0600. The molecule has 30 heavy (non-hydrogen) atoms. The third-order valence-electron chi connectivity index (χ3n) is 4.11. The van der Waals surface area contributed by atoms with Crippen molar-refractivity contribution in [2.45, 2.75) is 0 Å². The molecule has 0 bridgehead atoms. The molecule has 2 aromatic heterocycles. The van der Waals surface area contributed by atoms with Crippen LogP contribution < -0.4 is 5.01 Å². The number of aromatic nitrogens is 1. The van der Waals surface area contributed by atoms with E-state index in [9.17, 15) is 9.59 Å². The number of hydrogen-bond acceptors (Lipinski definition) is 7. The number of methoxy groups -OCH3 is 1. The Hall–Kier alpha value is -3.30. The molecule has 0 atom stereocenters. The Balaban J connectivity index is 1.72.